The van der Waals surface area contributed by atoms with Crippen molar-refractivity contribution in [3.05, 3.63) is 64.1 Å². The van der Waals surface area contributed by atoms with E-state index in [1.807, 2.05) is 12.3 Å². The molecule has 1 aliphatic rings. The lowest BCUT2D eigenvalue weighted by Crippen LogP contribution is -2.28. The Hall–Kier alpha value is -3.66. The van der Waals surface area contributed by atoms with Gasteiger partial charge in [0.25, 0.3) is 0 Å². The van der Waals surface area contributed by atoms with Crippen LogP contribution in [0, 0.1) is 18.2 Å². The van der Waals surface area contributed by atoms with Crippen molar-refractivity contribution in [3.63, 3.8) is 0 Å². The molecule has 3 aromatic heterocycles. The summed E-state index contributed by atoms with van der Waals surface area (Å²) in [6, 6.07) is 5.99. The highest BCUT2D eigenvalue weighted by atomic mass is 32.1. The summed E-state index contributed by atoms with van der Waals surface area (Å²) < 4.78 is 21.3. The molecule has 10 heteroatoms. The van der Waals surface area contributed by atoms with Crippen LogP contribution in [0.15, 0.2) is 42.0 Å². The summed E-state index contributed by atoms with van der Waals surface area (Å²) in [7, 11) is 0. The number of carbonyl (C=O) groups excluding carboxylic acids is 1. The normalized spacial score (nSPS) is 16.2. The van der Waals surface area contributed by atoms with Gasteiger partial charge >= 0.3 is 6.09 Å². The van der Waals surface area contributed by atoms with Gasteiger partial charge in [-0.15, -0.1) is 11.3 Å². The van der Waals surface area contributed by atoms with Crippen molar-refractivity contribution >= 4 is 34.6 Å². The molecule has 1 saturated heterocycles. The van der Waals surface area contributed by atoms with E-state index in [0.29, 0.717) is 22.6 Å². The van der Waals surface area contributed by atoms with Gasteiger partial charge in [0.05, 0.1) is 6.20 Å². The minimum absolute atomic E-state index is 0.153. The Labute approximate surface area is 180 Å². The second-order valence-corrected chi connectivity index (χ2v) is 8.11. The van der Waals surface area contributed by atoms with E-state index in [-0.39, 0.29) is 23.9 Å². The van der Waals surface area contributed by atoms with Crippen molar-refractivity contribution < 1.29 is 13.9 Å². The first-order valence-corrected chi connectivity index (χ1v) is 10.4. The number of fused-ring (bicyclic) bond motifs is 1. The molecule has 1 aromatic carbocycles. The third-order valence-corrected chi connectivity index (χ3v) is 6.14. The molecule has 1 atom stereocenters. The molecule has 4 heterocycles. The third kappa shape index (κ3) is 3.25. The first-order chi connectivity index (χ1) is 14.9. The van der Waals surface area contributed by atoms with Gasteiger partial charge in [0, 0.05) is 34.1 Å². The van der Waals surface area contributed by atoms with Crippen molar-refractivity contribution in [1.82, 2.24) is 19.6 Å². The second kappa shape index (κ2) is 7.24. The Morgan fingerprint density at radius 2 is 2.16 bits per heavy atom. The van der Waals surface area contributed by atoms with Crippen molar-refractivity contribution in [1.29, 1.82) is 5.41 Å². The summed E-state index contributed by atoms with van der Waals surface area (Å²) in [6.07, 6.45) is 2.80. The lowest BCUT2D eigenvalue weighted by molar-refractivity contribution is 0.179. The number of rotatable bonds is 4. The number of ether oxygens (including phenoxy) is 1. The number of nitrogens with zero attached hydrogens (tertiary/aromatic N) is 5. The molecule has 31 heavy (non-hydrogen) atoms. The van der Waals surface area contributed by atoms with Gasteiger partial charge in [0.1, 0.15) is 29.3 Å². The molecule has 0 spiro atoms. The summed E-state index contributed by atoms with van der Waals surface area (Å²) >= 11 is 1.47. The summed E-state index contributed by atoms with van der Waals surface area (Å²) in [6.45, 7) is 3.63. The van der Waals surface area contributed by atoms with Crippen LogP contribution in [0.3, 0.4) is 0 Å². The fraction of sp³-hybridized carbons (Fsp3) is 0.190. The molecule has 1 amide bonds. The molecule has 0 radical (unpaired) electrons. The SMILES string of the molecule is CC(=N)c1ccc(-c2cnn3ccc(N4C(=O)OCC4c4nc(C)cs4)nc23)cc1F. The highest BCUT2D eigenvalue weighted by molar-refractivity contribution is 7.09. The van der Waals surface area contributed by atoms with E-state index in [1.165, 1.54) is 29.2 Å². The zero-order valence-electron chi connectivity index (χ0n) is 16.7. The fourth-order valence-electron chi connectivity index (χ4n) is 3.57. The van der Waals surface area contributed by atoms with Crippen molar-refractivity contribution in [2.24, 2.45) is 0 Å². The number of halogens is 1. The largest absolute Gasteiger partial charge is 0.446 e. The highest BCUT2D eigenvalue weighted by Crippen LogP contribution is 2.34. The van der Waals surface area contributed by atoms with Gasteiger partial charge in [0.2, 0.25) is 0 Å². The third-order valence-electron chi connectivity index (χ3n) is 5.08. The topological polar surface area (TPSA) is 96.5 Å². The zero-order valence-corrected chi connectivity index (χ0v) is 17.5. The summed E-state index contributed by atoms with van der Waals surface area (Å²) in [5.41, 5.74) is 2.95. The first-order valence-electron chi connectivity index (χ1n) is 9.50. The van der Waals surface area contributed by atoms with Gasteiger partial charge in [-0.3, -0.25) is 0 Å². The quantitative estimate of drug-likeness (QED) is 0.479. The minimum atomic E-state index is -0.493. The van der Waals surface area contributed by atoms with Gasteiger partial charge in [-0.05, 0) is 37.6 Å². The lowest BCUT2D eigenvalue weighted by atomic mass is 10.0. The predicted octanol–water partition coefficient (Wildman–Crippen LogP) is 4.39. The van der Waals surface area contributed by atoms with E-state index in [1.54, 1.807) is 35.1 Å². The maximum absolute atomic E-state index is 14.4. The number of anilines is 1. The molecular formula is C21H17FN6O2S. The molecule has 4 aromatic rings. The molecule has 1 aliphatic heterocycles. The van der Waals surface area contributed by atoms with Crippen LogP contribution >= 0.6 is 11.3 Å². The number of amides is 1. The number of nitrogens with one attached hydrogen (secondary N) is 1. The first kappa shape index (κ1) is 19.3. The number of cyclic esters (lactones) is 1. The Morgan fingerprint density at radius 3 is 2.87 bits per heavy atom. The van der Waals surface area contributed by atoms with Crippen molar-refractivity contribution in [3.8, 4) is 11.1 Å². The van der Waals surface area contributed by atoms with Gasteiger partial charge in [-0.25, -0.2) is 28.6 Å². The summed E-state index contributed by atoms with van der Waals surface area (Å²) in [5, 5.41) is 14.7. The van der Waals surface area contributed by atoms with E-state index in [9.17, 15) is 9.18 Å². The van der Waals surface area contributed by atoms with E-state index in [4.69, 9.17) is 10.1 Å². The number of benzene rings is 1. The van der Waals surface area contributed by atoms with E-state index in [0.717, 1.165) is 10.7 Å². The summed E-state index contributed by atoms with van der Waals surface area (Å²) in [5.74, 6) is -0.0788. The van der Waals surface area contributed by atoms with Crippen LogP contribution in [-0.2, 0) is 4.74 Å². The van der Waals surface area contributed by atoms with Gasteiger partial charge in [-0.1, -0.05) is 6.07 Å². The lowest BCUT2D eigenvalue weighted by Gasteiger charge is -2.18. The Balaban J connectivity index is 1.58. The molecule has 0 bridgehead atoms. The van der Waals surface area contributed by atoms with E-state index in [2.05, 4.69) is 15.1 Å². The Bertz CT molecular complexity index is 1350. The number of hydrogen-bond acceptors (Lipinski definition) is 7. The Morgan fingerprint density at radius 1 is 1.32 bits per heavy atom. The highest BCUT2D eigenvalue weighted by Gasteiger charge is 2.38. The predicted molar refractivity (Wildman–Crippen MR) is 114 cm³/mol. The standard InChI is InChI=1S/C21H17FN6O2S/c1-11-10-31-20(25-11)17-9-30-21(29)28(17)18-5-6-27-19(26-18)15(8-24-27)13-3-4-14(12(2)23)16(22)7-13/h3-8,10,17,23H,9H2,1-2H3. The average Bonchev–Trinajstić information content (AvgIpc) is 3.45. The number of carbonyl (C=O) groups is 1. The molecule has 8 nitrogen and oxygen atoms in total. The van der Waals surface area contributed by atoms with Gasteiger partial charge in [-0.2, -0.15) is 5.10 Å². The smallest absolute Gasteiger partial charge is 0.416 e. The Kier molecular flexibility index (Phi) is 4.51. The minimum Gasteiger partial charge on any atom is -0.446 e. The van der Waals surface area contributed by atoms with Crippen LogP contribution in [0.2, 0.25) is 0 Å². The van der Waals surface area contributed by atoms with Crippen LogP contribution in [0.25, 0.3) is 16.8 Å². The van der Waals surface area contributed by atoms with Gasteiger partial charge in [0.15, 0.2) is 5.65 Å². The van der Waals surface area contributed by atoms with Gasteiger partial charge < -0.3 is 10.1 Å². The molecule has 1 unspecified atom stereocenters. The number of thiazole rings is 1. The second-order valence-electron chi connectivity index (χ2n) is 7.22. The van der Waals surface area contributed by atoms with Crippen LogP contribution in [-0.4, -0.2) is 38.0 Å². The average molecular weight is 436 g/mol. The monoisotopic (exact) mass is 436 g/mol. The number of aromatic nitrogens is 4. The van der Waals surface area contributed by atoms with Crippen LogP contribution < -0.4 is 4.90 Å². The maximum Gasteiger partial charge on any atom is 0.416 e. The van der Waals surface area contributed by atoms with E-state index >= 15 is 0 Å². The van der Waals surface area contributed by atoms with Crippen LogP contribution in [0.5, 0.6) is 0 Å². The van der Waals surface area contributed by atoms with E-state index < -0.39 is 11.9 Å². The molecule has 1 fully saturated rings. The number of aryl methyl sites for hydroxylation is 1. The molecule has 1 N–H and O–H groups in total. The van der Waals surface area contributed by atoms with Crippen molar-refractivity contribution in [2.75, 3.05) is 11.5 Å². The summed E-state index contributed by atoms with van der Waals surface area (Å²) in [4.78, 5) is 23.1. The molecule has 156 valence electrons. The maximum atomic E-state index is 14.4. The molecule has 5 rings (SSSR count). The molecular weight excluding hydrogens is 419 g/mol. The van der Waals surface area contributed by atoms with Crippen molar-refractivity contribution in [2.45, 2.75) is 19.9 Å². The molecule has 0 saturated carbocycles. The number of hydrogen-bond donors (Lipinski definition) is 1. The fourth-order valence-corrected chi connectivity index (χ4v) is 4.44. The van der Waals surface area contributed by atoms with Crippen LogP contribution in [0.4, 0.5) is 15.0 Å². The van der Waals surface area contributed by atoms with Crippen LogP contribution in [0.1, 0.15) is 29.2 Å². The zero-order chi connectivity index (χ0) is 21.7. The molecule has 0 aliphatic carbocycles.